The maximum atomic E-state index is 12.7. The van der Waals surface area contributed by atoms with E-state index in [2.05, 4.69) is 24.5 Å². The summed E-state index contributed by atoms with van der Waals surface area (Å²) in [5, 5.41) is 5.77. The average Bonchev–Trinajstić information content (AvgIpc) is 2.62. The highest BCUT2D eigenvalue weighted by atomic mass is 16.2. The lowest BCUT2D eigenvalue weighted by atomic mass is 9.90. The number of anilines is 1. The smallest absolute Gasteiger partial charge is 0.239 e. The number of amides is 2. The first-order valence-electron chi connectivity index (χ1n) is 8.99. The van der Waals surface area contributed by atoms with E-state index < -0.39 is 5.41 Å². The molecule has 0 fully saturated rings. The second-order valence-electron chi connectivity index (χ2n) is 7.46. The lowest BCUT2D eigenvalue weighted by Gasteiger charge is -2.25. The molecular formula is C22H28N2O2. The van der Waals surface area contributed by atoms with Crippen LogP contribution in [0.4, 0.5) is 5.69 Å². The Balaban J connectivity index is 2.02. The predicted molar refractivity (Wildman–Crippen MR) is 106 cm³/mol. The summed E-state index contributed by atoms with van der Waals surface area (Å²) >= 11 is 0. The fraction of sp³-hybridized carbons (Fsp3) is 0.364. The van der Waals surface area contributed by atoms with Crippen LogP contribution in [0.15, 0.2) is 54.6 Å². The zero-order chi connectivity index (χ0) is 19.3. The summed E-state index contributed by atoms with van der Waals surface area (Å²) in [4.78, 5) is 25.3. The molecule has 2 amide bonds. The van der Waals surface area contributed by atoms with Crippen LogP contribution in [-0.4, -0.2) is 11.8 Å². The Morgan fingerprint density at radius 3 is 1.92 bits per heavy atom. The molecule has 2 rings (SSSR count). The highest BCUT2D eigenvalue weighted by Gasteiger charge is 2.36. The molecule has 0 bridgehead atoms. The standard InChI is InChI=1S/C22H28N2O2/c1-15(2)17-11-13-19(14-12-17)24-21(26)22(4,5)20(25)23-16(3)18-9-7-6-8-10-18/h6-16H,1-5H3,(H,23,25)(H,24,26). The first kappa shape index (κ1) is 19.7. The normalized spacial score (nSPS) is 12.5. The highest BCUT2D eigenvalue weighted by molar-refractivity contribution is 6.09. The summed E-state index contributed by atoms with van der Waals surface area (Å²) in [6.45, 7) is 9.42. The Labute approximate surface area is 156 Å². The third-order valence-electron chi connectivity index (χ3n) is 4.62. The van der Waals surface area contributed by atoms with Gasteiger partial charge >= 0.3 is 0 Å². The summed E-state index contributed by atoms with van der Waals surface area (Å²) in [5.41, 5.74) is 1.72. The van der Waals surface area contributed by atoms with Gasteiger partial charge in [-0.3, -0.25) is 9.59 Å². The maximum absolute atomic E-state index is 12.7. The molecule has 0 aromatic heterocycles. The van der Waals surface area contributed by atoms with Crippen LogP contribution in [0.25, 0.3) is 0 Å². The van der Waals surface area contributed by atoms with Gasteiger partial charge in [0.1, 0.15) is 5.41 Å². The van der Waals surface area contributed by atoms with E-state index in [0.29, 0.717) is 11.6 Å². The maximum Gasteiger partial charge on any atom is 0.239 e. The Kier molecular flexibility index (Phi) is 6.19. The van der Waals surface area contributed by atoms with Crippen LogP contribution in [0.2, 0.25) is 0 Å². The minimum absolute atomic E-state index is 0.166. The molecule has 0 saturated heterocycles. The van der Waals surface area contributed by atoms with Gasteiger partial charge in [0.25, 0.3) is 0 Å². The van der Waals surface area contributed by atoms with E-state index in [1.54, 1.807) is 13.8 Å². The van der Waals surface area contributed by atoms with Crippen LogP contribution in [0.5, 0.6) is 0 Å². The molecule has 2 aromatic carbocycles. The summed E-state index contributed by atoms with van der Waals surface area (Å²) < 4.78 is 0. The minimum atomic E-state index is -1.18. The lowest BCUT2D eigenvalue weighted by Crippen LogP contribution is -2.45. The van der Waals surface area contributed by atoms with Gasteiger partial charge in [-0.15, -0.1) is 0 Å². The summed E-state index contributed by atoms with van der Waals surface area (Å²) in [5.74, 6) is -0.195. The van der Waals surface area contributed by atoms with E-state index in [0.717, 1.165) is 5.56 Å². The SMILES string of the molecule is CC(C)c1ccc(NC(=O)C(C)(C)C(=O)NC(C)c2ccccc2)cc1. The van der Waals surface area contributed by atoms with Crippen LogP contribution in [-0.2, 0) is 9.59 Å². The third-order valence-corrected chi connectivity index (χ3v) is 4.62. The van der Waals surface area contributed by atoms with Crippen LogP contribution >= 0.6 is 0 Å². The molecule has 0 aliphatic heterocycles. The number of hydrogen-bond donors (Lipinski definition) is 2. The molecule has 0 saturated carbocycles. The largest absolute Gasteiger partial charge is 0.349 e. The van der Waals surface area contributed by atoms with Crippen LogP contribution in [0.1, 0.15) is 57.7 Å². The molecule has 4 nitrogen and oxygen atoms in total. The van der Waals surface area contributed by atoms with Gasteiger partial charge in [-0.1, -0.05) is 56.3 Å². The van der Waals surface area contributed by atoms with E-state index >= 15 is 0 Å². The van der Waals surface area contributed by atoms with Crippen molar-refractivity contribution in [2.75, 3.05) is 5.32 Å². The first-order chi connectivity index (χ1) is 12.2. The van der Waals surface area contributed by atoms with Crippen LogP contribution in [0, 0.1) is 5.41 Å². The van der Waals surface area contributed by atoms with Crippen molar-refractivity contribution in [3.05, 3.63) is 65.7 Å². The average molecular weight is 352 g/mol. The summed E-state index contributed by atoms with van der Waals surface area (Å²) in [6, 6.07) is 17.2. The fourth-order valence-electron chi connectivity index (χ4n) is 2.54. The van der Waals surface area contributed by atoms with Crippen molar-refractivity contribution in [2.24, 2.45) is 5.41 Å². The minimum Gasteiger partial charge on any atom is -0.349 e. The monoisotopic (exact) mass is 352 g/mol. The molecule has 2 N–H and O–H groups in total. The van der Waals surface area contributed by atoms with Gasteiger partial charge in [0.05, 0.1) is 6.04 Å². The summed E-state index contributed by atoms with van der Waals surface area (Å²) in [6.07, 6.45) is 0. The zero-order valence-corrected chi connectivity index (χ0v) is 16.2. The highest BCUT2D eigenvalue weighted by Crippen LogP contribution is 2.23. The van der Waals surface area contributed by atoms with E-state index in [1.807, 2.05) is 61.5 Å². The Bertz CT molecular complexity index is 749. The van der Waals surface area contributed by atoms with Crippen molar-refractivity contribution in [3.8, 4) is 0 Å². The Morgan fingerprint density at radius 2 is 1.38 bits per heavy atom. The zero-order valence-electron chi connectivity index (χ0n) is 16.2. The number of carbonyl (C=O) groups is 2. The molecule has 0 radical (unpaired) electrons. The quantitative estimate of drug-likeness (QED) is 0.743. The van der Waals surface area contributed by atoms with Gasteiger partial charge in [-0.2, -0.15) is 0 Å². The topological polar surface area (TPSA) is 58.2 Å². The molecule has 1 atom stereocenters. The fourth-order valence-corrected chi connectivity index (χ4v) is 2.54. The van der Waals surface area contributed by atoms with E-state index in [1.165, 1.54) is 5.56 Å². The molecular weight excluding hydrogens is 324 g/mol. The Hall–Kier alpha value is -2.62. The number of benzene rings is 2. The Morgan fingerprint density at radius 1 is 0.808 bits per heavy atom. The molecule has 4 heteroatoms. The van der Waals surface area contributed by atoms with Gasteiger partial charge in [-0.25, -0.2) is 0 Å². The van der Waals surface area contributed by atoms with E-state index in [4.69, 9.17) is 0 Å². The third kappa shape index (κ3) is 4.72. The number of nitrogens with one attached hydrogen (secondary N) is 2. The molecule has 26 heavy (non-hydrogen) atoms. The van der Waals surface area contributed by atoms with Crippen molar-refractivity contribution >= 4 is 17.5 Å². The second-order valence-corrected chi connectivity index (χ2v) is 7.46. The molecule has 138 valence electrons. The van der Waals surface area contributed by atoms with E-state index in [-0.39, 0.29) is 17.9 Å². The number of rotatable bonds is 6. The predicted octanol–water partition coefficient (Wildman–Crippen LogP) is 4.65. The number of carbonyl (C=O) groups excluding carboxylic acids is 2. The van der Waals surface area contributed by atoms with Crippen LogP contribution in [0.3, 0.4) is 0 Å². The van der Waals surface area contributed by atoms with Crippen molar-refractivity contribution in [2.45, 2.75) is 46.6 Å². The summed E-state index contributed by atoms with van der Waals surface area (Å²) in [7, 11) is 0. The van der Waals surface area contributed by atoms with Gasteiger partial charge in [0, 0.05) is 5.69 Å². The van der Waals surface area contributed by atoms with Crippen molar-refractivity contribution in [1.82, 2.24) is 5.32 Å². The van der Waals surface area contributed by atoms with Gasteiger partial charge in [0.2, 0.25) is 11.8 Å². The first-order valence-corrected chi connectivity index (χ1v) is 8.99. The van der Waals surface area contributed by atoms with Crippen LogP contribution < -0.4 is 10.6 Å². The van der Waals surface area contributed by atoms with Crippen molar-refractivity contribution in [3.63, 3.8) is 0 Å². The second kappa shape index (κ2) is 8.17. The molecule has 0 heterocycles. The van der Waals surface area contributed by atoms with Crippen molar-refractivity contribution in [1.29, 1.82) is 0 Å². The lowest BCUT2D eigenvalue weighted by molar-refractivity contribution is -0.138. The van der Waals surface area contributed by atoms with E-state index in [9.17, 15) is 9.59 Å². The molecule has 0 aliphatic carbocycles. The molecule has 0 spiro atoms. The van der Waals surface area contributed by atoms with Gasteiger partial charge in [-0.05, 0) is 49.9 Å². The molecule has 2 aromatic rings. The molecule has 0 aliphatic rings. The molecule has 1 unspecified atom stereocenters. The van der Waals surface area contributed by atoms with Crippen molar-refractivity contribution < 1.29 is 9.59 Å². The number of hydrogen-bond acceptors (Lipinski definition) is 2. The van der Waals surface area contributed by atoms with Gasteiger partial charge < -0.3 is 10.6 Å². The van der Waals surface area contributed by atoms with Gasteiger partial charge in [0.15, 0.2) is 0 Å².